The van der Waals surface area contributed by atoms with Crippen LogP contribution >= 0.6 is 11.3 Å². The minimum absolute atomic E-state index is 0.156. The van der Waals surface area contributed by atoms with Gasteiger partial charge in [-0.1, -0.05) is 19.1 Å². The van der Waals surface area contributed by atoms with Crippen LogP contribution in [0.5, 0.6) is 5.75 Å². The third-order valence-electron chi connectivity index (χ3n) is 5.51. The fourth-order valence-corrected chi connectivity index (χ4v) is 4.94. The van der Waals surface area contributed by atoms with E-state index in [0.29, 0.717) is 25.0 Å². The Morgan fingerprint density at radius 1 is 1.26 bits per heavy atom. The van der Waals surface area contributed by atoms with Gasteiger partial charge in [-0.25, -0.2) is 4.98 Å². The van der Waals surface area contributed by atoms with Crippen molar-refractivity contribution in [2.24, 2.45) is 5.92 Å². The average molecular weight is 386 g/mol. The van der Waals surface area contributed by atoms with E-state index in [1.54, 1.807) is 11.3 Å². The molecule has 27 heavy (non-hydrogen) atoms. The minimum atomic E-state index is 0.156. The Morgan fingerprint density at radius 2 is 2.07 bits per heavy atom. The van der Waals surface area contributed by atoms with Crippen LogP contribution in [0.3, 0.4) is 0 Å². The first-order chi connectivity index (χ1) is 13.2. The SMILES string of the molecule is CCC(=O)NCC1CCC(Nc2nc3c(s2)CCOc2ccccc2-3)CC1. The van der Waals surface area contributed by atoms with Gasteiger partial charge in [-0.3, -0.25) is 4.79 Å². The first-order valence-corrected chi connectivity index (χ1v) is 10.8. The topological polar surface area (TPSA) is 63.2 Å². The van der Waals surface area contributed by atoms with E-state index in [9.17, 15) is 4.79 Å². The molecule has 1 aliphatic heterocycles. The van der Waals surface area contributed by atoms with Crippen LogP contribution in [0.2, 0.25) is 0 Å². The number of para-hydroxylation sites is 1. The highest BCUT2D eigenvalue weighted by atomic mass is 32.1. The molecule has 0 saturated heterocycles. The number of thiazole rings is 1. The van der Waals surface area contributed by atoms with Gasteiger partial charge in [0.15, 0.2) is 5.13 Å². The number of anilines is 1. The van der Waals surface area contributed by atoms with Gasteiger partial charge in [-0.15, -0.1) is 11.3 Å². The predicted molar refractivity (Wildman–Crippen MR) is 109 cm³/mol. The van der Waals surface area contributed by atoms with Gasteiger partial charge in [0, 0.05) is 35.9 Å². The molecule has 1 saturated carbocycles. The zero-order valence-corrected chi connectivity index (χ0v) is 16.6. The number of aromatic nitrogens is 1. The Kier molecular flexibility index (Phi) is 5.62. The van der Waals surface area contributed by atoms with E-state index in [4.69, 9.17) is 9.72 Å². The van der Waals surface area contributed by atoms with Crippen molar-refractivity contribution < 1.29 is 9.53 Å². The van der Waals surface area contributed by atoms with E-state index in [1.165, 1.54) is 4.88 Å². The van der Waals surface area contributed by atoms with Crippen molar-refractivity contribution in [3.05, 3.63) is 29.1 Å². The number of amides is 1. The molecule has 144 valence electrons. The van der Waals surface area contributed by atoms with Crippen molar-refractivity contribution in [3.63, 3.8) is 0 Å². The van der Waals surface area contributed by atoms with Crippen molar-refractivity contribution in [1.82, 2.24) is 10.3 Å². The molecule has 1 aromatic heterocycles. The highest BCUT2D eigenvalue weighted by Gasteiger charge is 2.24. The van der Waals surface area contributed by atoms with E-state index < -0.39 is 0 Å². The molecule has 2 aromatic rings. The monoisotopic (exact) mass is 385 g/mol. The molecule has 0 unspecified atom stereocenters. The summed E-state index contributed by atoms with van der Waals surface area (Å²) in [5.74, 6) is 1.70. The number of rotatable bonds is 5. The first kappa shape index (κ1) is 18.3. The highest BCUT2D eigenvalue weighted by molar-refractivity contribution is 7.16. The van der Waals surface area contributed by atoms with Gasteiger partial charge in [0.25, 0.3) is 0 Å². The van der Waals surface area contributed by atoms with Crippen LogP contribution in [-0.2, 0) is 11.2 Å². The molecule has 4 rings (SSSR count). The number of benzene rings is 1. The largest absolute Gasteiger partial charge is 0.493 e. The van der Waals surface area contributed by atoms with Crippen molar-refractivity contribution in [2.75, 3.05) is 18.5 Å². The van der Waals surface area contributed by atoms with Gasteiger partial charge in [-0.2, -0.15) is 0 Å². The van der Waals surface area contributed by atoms with Crippen LogP contribution in [-0.4, -0.2) is 30.1 Å². The Hall–Kier alpha value is -2.08. The summed E-state index contributed by atoms with van der Waals surface area (Å²) >= 11 is 1.76. The summed E-state index contributed by atoms with van der Waals surface area (Å²) in [6.07, 6.45) is 6.06. The lowest BCUT2D eigenvalue weighted by atomic mass is 9.86. The Labute approximate surface area is 164 Å². The standard InChI is InChI=1S/C21H27N3O2S/c1-2-19(25)22-13-14-7-9-15(10-8-14)23-21-24-20-16-5-3-4-6-17(16)26-12-11-18(20)27-21/h3-6,14-15H,2,7-13H2,1H3,(H,22,25)(H,23,24). The van der Waals surface area contributed by atoms with Gasteiger partial charge in [-0.05, 0) is 43.7 Å². The highest BCUT2D eigenvalue weighted by Crippen LogP contribution is 2.39. The third-order valence-corrected chi connectivity index (χ3v) is 6.56. The fraction of sp³-hybridized carbons (Fsp3) is 0.524. The summed E-state index contributed by atoms with van der Waals surface area (Å²) in [7, 11) is 0. The molecule has 1 aromatic carbocycles. The first-order valence-electron chi connectivity index (χ1n) is 9.98. The number of hydrogen-bond donors (Lipinski definition) is 2. The zero-order valence-electron chi connectivity index (χ0n) is 15.8. The second-order valence-corrected chi connectivity index (χ2v) is 8.49. The minimum Gasteiger partial charge on any atom is -0.493 e. The van der Waals surface area contributed by atoms with Crippen molar-refractivity contribution in [2.45, 2.75) is 51.5 Å². The van der Waals surface area contributed by atoms with E-state index >= 15 is 0 Å². The molecule has 2 aliphatic rings. The van der Waals surface area contributed by atoms with E-state index in [2.05, 4.69) is 16.7 Å². The summed E-state index contributed by atoms with van der Waals surface area (Å²) in [5, 5.41) is 7.73. The summed E-state index contributed by atoms with van der Waals surface area (Å²) in [5.41, 5.74) is 2.18. The third kappa shape index (κ3) is 4.26. The second kappa shape index (κ2) is 8.30. The van der Waals surface area contributed by atoms with Crippen molar-refractivity contribution in [3.8, 4) is 17.0 Å². The number of nitrogens with zero attached hydrogens (tertiary/aromatic N) is 1. The lowest BCUT2D eigenvalue weighted by Gasteiger charge is -2.29. The fourth-order valence-electron chi connectivity index (χ4n) is 3.90. The summed E-state index contributed by atoms with van der Waals surface area (Å²) in [6, 6.07) is 8.65. The second-order valence-electron chi connectivity index (χ2n) is 7.41. The molecule has 5 nitrogen and oxygen atoms in total. The van der Waals surface area contributed by atoms with Gasteiger partial charge in [0.2, 0.25) is 5.91 Å². The zero-order chi connectivity index (χ0) is 18.6. The number of ether oxygens (including phenoxy) is 1. The van der Waals surface area contributed by atoms with Crippen LogP contribution in [0.15, 0.2) is 24.3 Å². The molecule has 0 spiro atoms. The maximum absolute atomic E-state index is 11.4. The lowest BCUT2D eigenvalue weighted by molar-refractivity contribution is -0.121. The molecule has 0 bridgehead atoms. The number of carbonyl (C=O) groups excluding carboxylic acids is 1. The lowest BCUT2D eigenvalue weighted by Crippen LogP contribution is -2.33. The molecule has 0 radical (unpaired) electrons. The van der Waals surface area contributed by atoms with Gasteiger partial charge in [0.05, 0.1) is 12.3 Å². The van der Waals surface area contributed by atoms with Crippen LogP contribution in [0, 0.1) is 5.92 Å². The van der Waals surface area contributed by atoms with Crippen molar-refractivity contribution in [1.29, 1.82) is 0 Å². The van der Waals surface area contributed by atoms with E-state index in [1.807, 2.05) is 25.1 Å². The van der Waals surface area contributed by atoms with Gasteiger partial charge >= 0.3 is 0 Å². The van der Waals surface area contributed by atoms with Crippen LogP contribution in [0.25, 0.3) is 11.3 Å². The summed E-state index contributed by atoms with van der Waals surface area (Å²) in [4.78, 5) is 17.6. The summed E-state index contributed by atoms with van der Waals surface area (Å²) < 4.78 is 5.86. The molecular weight excluding hydrogens is 358 g/mol. The molecule has 6 heteroatoms. The quantitative estimate of drug-likeness (QED) is 0.808. The van der Waals surface area contributed by atoms with Crippen LogP contribution < -0.4 is 15.4 Å². The number of fused-ring (bicyclic) bond motifs is 3. The van der Waals surface area contributed by atoms with Crippen molar-refractivity contribution >= 4 is 22.4 Å². The molecule has 2 N–H and O–H groups in total. The molecule has 1 aliphatic carbocycles. The molecule has 2 heterocycles. The average Bonchev–Trinajstić information content (AvgIpc) is 3.01. The Bertz CT molecular complexity index is 796. The smallest absolute Gasteiger partial charge is 0.219 e. The van der Waals surface area contributed by atoms with Crippen LogP contribution in [0.1, 0.15) is 43.9 Å². The Balaban J connectivity index is 1.37. The number of hydrogen-bond acceptors (Lipinski definition) is 5. The Morgan fingerprint density at radius 3 is 2.89 bits per heavy atom. The normalized spacial score (nSPS) is 21.4. The predicted octanol–water partition coefficient (Wildman–Crippen LogP) is 4.24. The molecular formula is C21H27N3O2S. The van der Waals surface area contributed by atoms with Gasteiger partial charge < -0.3 is 15.4 Å². The number of carbonyl (C=O) groups is 1. The molecule has 1 fully saturated rings. The molecule has 0 atom stereocenters. The maximum Gasteiger partial charge on any atom is 0.219 e. The van der Waals surface area contributed by atoms with E-state index in [-0.39, 0.29) is 5.91 Å². The van der Waals surface area contributed by atoms with Gasteiger partial charge in [0.1, 0.15) is 5.75 Å². The van der Waals surface area contributed by atoms with E-state index in [0.717, 1.165) is 60.8 Å². The summed E-state index contributed by atoms with van der Waals surface area (Å²) in [6.45, 7) is 3.43. The molecule has 1 amide bonds. The van der Waals surface area contributed by atoms with Crippen LogP contribution in [0.4, 0.5) is 5.13 Å². The number of nitrogens with one attached hydrogen (secondary N) is 2. The maximum atomic E-state index is 11.4.